The van der Waals surface area contributed by atoms with E-state index in [9.17, 15) is 13.2 Å². The summed E-state index contributed by atoms with van der Waals surface area (Å²) in [6, 6.07) is 13.9. The zero-order chi connectivity index (χ0) is 20.1. The number of aryl methyl sites for hydroxylation is 1. The lowest BCUT2D eigenvalue weighted by molar-refractivity contribution is 0.0526. The summed E-state index contributed by atoms with van der Waals surface area (Å²) in [4.78, 5) is 16.1. The Kier molecular flexibility index (Phi) is 5.86. The highest BCUT2D eigenvalue weighted by atomic mass is 32.2. The van der Waals surface area contributed by atoms with E-state index in [1.807, 2.05) is 6.07 Å². The third-order valence-electron chi connectivity index (χ3n) is 3.93. The number of sulfonamides is 1. The zero-order valence-electron chi connectivity index (χ0n) is 15.4. The maximum Gasteiger partial charge on any atom is 0.338 e. The highest BCUT2D eigenvalue weighted by Gasteiger charge is 2.26. The van der Waals surface area contributed by atoms with Crippen LogP contribution in [0.25, 0.3) is 0 Å². The topological polar surface area (TPSA) is 114 Å². The minimum atomic E-state index is -3.97. The van der Waals surface area contributed by atoms with E-state index in [4.69, 9.17) is 4.74 Å². The third kappa shape index (κ3) is 4.44. The van der Waals surface area contributed by atoms with Gasteiger partial charge in [-0.15, -0.1) is 0 Å². The average molecular weight is 400 g/mol. The SMILES string of the molecule is CCOC(=O)c1cccc(S(=O)(=O)NC(c2ccccc2)c2n[nH]c(C)n2)c1. The summed E-state index contributed by atoms with van der Waals surface area (Å²) in [6.07, 6.45) is 0. The first-order valence-corrected chi connectivity index (χ1v) is 10.1. The number of nitrogens with one attached hydrogen (secondary N) is 2. The van der Waals surface area contributed by atoms with E-state index in [-0.39, 0.29) is 17.1 Å². The normalized spacial score (nSPS) is 12.5. The van der Waals surface area contributed by atoms with Gasteiger partial charge in [-0.25, -0.2) is 18.2 Å². The summed E-state index contributed by atoms with van der Waals surface area (Å²) in [6.45, 7) is 3.62. The Hall–Kier alpha value is -3.04. The molecule has 0 fully saturated rings. The molecule has 146 valence electrons. The van der Waals surface area contributed by atoms with Crippen LogP contribution in [0.1, 0.15) is 40.5 Å². The molecule has 0 radical (unpaired) electrons. The van der Waals surface area contributed by atoms with E-state index < -0.39 is 22.0 Å². The van der Waals surface area contributed by atoms with Gasteiger partial charge in [0.05, 0.1) is 17.1 Å². The Morgan fingerprint density at radius 3 is 2.57 bits per heavy atom. The Bertz CT molecular complexity index is 1060. The molecular formula is C19H20N4O4S. The van der Waals surface area contributed by atoms with Gasteiger partial charge < -0.3 is 4.74 Å². The molecule has 0 saturated heterocycles. The van der Waals surface area contributed by atoms with E-state index in [0.717, 1.165) is 0 Å². The van der Waals surface area contributed by atoms with Gasteiger partial charge in [0.2, 0.25) is 10.0 Å². The number of esters is 1. The first kappa shape index (κ1) is 19.7. The molecule has 2 N–H and O–H groups in total. The van der Waals surface area contributed by atoms with Crippen LogP contribution in [-0.2, 0) is 14.8 Å². The molecule has 0 aliphatic carbocycles. The summed E-state index contributed by atoms with van der Waals surface area (Å²) in [7, 11) is -3.97. The van der Waals surface area contributed by atoms with Crippen LogP contribution < -0.4 is 4.72 Å². The van der Waals surface area contributed by atoms with Gasteiger partial charge >= 0.3 is 5.97 Å². The number of benzene rings is 2. The van der Waals surface area contributed by atoms with Gasteiger partial charge in [0, 0.05) is 0 Å². The molecule has 0 bridgehead atoms. The smallest absolute Gasteiger partial charge is 0.338 e. The molecule has 2 aromatic carbocycles. The molecule has 0 aliphatic heterocycles. The van der Waals surface area contributed by atoms with Crippen LogP contribution in [0.5, 0.6) is 0 Å². The second-order valence-electron chi connectivity index (χ2n) is 5.99. The number of nitrogens with zero attached hydrogens (tertiary/aromatic N) is 2. The van der Waals surface area contributed by atoms with Crippen molar-refractivity contribution in [1.29, 1.82) is 0 Å². The van der Waals surface area contributed by atoms with Crippen molar-refractivity contribution in [3.8, 4) is 0 Å². The molecule has 0 saturated carbocycles. The molecule has 0 aliphatic rings. The van der Waals surface area contributed by atoms with Gasteiger partial charge in [0.1, 0.15) is 11.9 Å². The molecular weight excluding hydrogens is 380 g/mol. The number of hydrogen-bond acceptors (Lipinski definition) is 6. The first-order chi connectivity index (χ1) is 13.4. The van der Waals surface area contributed by atoms with Gasteiger partial charge in [0.25, 0.3) is 0 Å². The molecule has 1 unspecified atom stereocenters. The van der Waals surface area contributed by atoms with Crippen molar-refractivity contribution in [1.82, 2.24) is 19.9 Å². The van der Waals surface area contributed by atoms with E-state index in [1.165, 1.54) is 24.3 Å². The Morgan fingerprint density at radius 1 is 1.18 bits per heavy atom. The quantitative estimate of drug-likeness (QED) is 0.589. The predicted octanol–water partition coefficient (Wildman–Crippen LogP) is 2.36. The van der Waals surface area contributed by atoms with Gasteiger partial charge in [-0.1, -0.05) is 36.4 Å². The van der Waals surface area contributed by atoms with Crippen LogP contribution in [0.15, 0.2) is 59.5 Å². The molecule has 0 spiro atoms. The lowest BCUT2D eigenvalue weighted by Crippen LogP contribution is -2.30. The van der Waals surface area contributed by atoms with Crippen molar-refractivity contribution in [3.63, 3.8) is 0 Å². The van der Waals surface area contributed by atoms with Crippen molar-refractivity contribution in [3.05, 3.63) is 77.4 Å². The monoisotopic (exact) mass is 400 g/mol. The minimum absolute atomic E-state index is 0.0498. The summed E-state index contributed by atoms with van der Waals surface area (Å²) in [5.74, 6) is 0.289. The Balaban J connectivity index is 1.96. The third-order valence-corrected chi connectivity index (χ3v) is 5.35. The molecule has 1 aromatic heterocycles. The second kappa shape index (κ2) is 8.32. The number of carbonyl (C=O) groups is 1. The average Bonchev–Trinajstić information content (AvgIpc) is 3.13. The number of rotatable bonds is 7. The van der Waals surface area contributed by atoms with Crippen LogP contribution in [0.4, 0.5) is 0 Å². The van der Waals surface area contributed by atoms with Crippen LogP contribution >= 0.6 is 0 Å². The fourth-order valence-corrected chi connectivity index (χ4v) is 3.86. The van der Waals surface area contributed by atoms with E-state index in [2.05, 4.69) is 19.9 Å². The van der Waals surface area contributed by atoms with Gasteiger partial charge in [0.15, 0.2) is 5.82 Å². The van der Waals surface area contributed by atoms with Gasteiger partial charge in [-0.3, -0.25) is 5.10 Å². The molecule has 1 atom stereocenters. The molecule has 3 rings (SSSR count). The Labute approximate surface area is 163 Å². The lowest BCUT2D eigenvalue weighted by atomic mass is 10.1. The van der Waals surface area contributed by atoms with Gasteiger partial charge in [-0.2, -0.15) is 9.82 Å². The summed E-state index contributed by atoms with van der Waals surface area (Å²) < 4.78 is 33.6. The maximum atomic E-state index is 13.0. The molecule has 3 aromatic rings. The number of H-pyrrole nitrogens is 1. The number of aromatic nitrogens is 3. The minimum Gasteiger partial charge on any atom is -0.462 e. The second-order valence-corrected chi connectivity index (χ2v) is 7.71. The highest BCUT2D eigenvalue weighted by molar-refractivity contribution is 7.89. The Morgan fingerprint density at radius 2 is 1.93 bits per heavy atom. The molecule has 0 amide bonds. The maximum absolute atomic E-state index is 13.0. The summed E-state index contributed by atoms with van der Waals surface area (Å²) in [5, 5.41) is 6.83. The summed E-state index contributed by atoms with van der Waals surface area (Å²) >= 11 is 0. The number of ether oxygens (including phenoxy) is 1. The van der Waals surface area contributed by atoms with E-state index >= 15 is 0 Å². The number of hydrogen-bond donors (Lipinski definition) is 2. The summed E-state index contributed by atoms with van der Waals surface area (Å²) in [5.41, 5.74) is 0.848. The standard InChI is InChI=1S/C19H20N4O4S/c1-3-27-19(24)15-10-7-11-16(12-15)28(25,26)23-17(14-8-5-4-6-9-14)18-20-13(2)21-22-18/h4-12,17,23H,3H2,1-2H3,(H,20,21,22). The number of aromatic amines is 1. The number of carbonyl (C=O) groups excluding carboxylic acids is 1. The predicted molar refractivity (Wildman–Crippen MR) is 102 cm³/mol. The van der Waals surface area contributed by atoms with Crippen molar-refractivity contribution < 1.29 is 17.9 Å². The van der Waals surface area contributed by atoms with E-state index in [0.29, 0.717) is 17.2 Å². The molecule has 9 heteroatoms. The fourth-order valence-electron chi connectivity index (χ4n) is 2.63. The molecule has 1 heterocycles. The molecule has 28 heavy (non-hydrogen) atoms. The van der Waals surface area contributed by atoms with Crippen molar-refractivity contribution in [2.24, 2.45) is 0 Å². The van der Waals surface area contributed by atoms with Crippen molar-refractivity contribution in [2.75, 3.05) is 6.61 Å². The molecule has 8 nitrogen and oxygen atoms in total. The fraction of sp³-hybridized carbons (Fsp3) is 0.211. The largest absolute Gasteiger partial charge is 0.462 e. The lowest BCUT2D eigenvalue weighted by Gasteiger charge is -2.17. The van der Waals surface area contributed by atoms with Crippen LogP contribution in [-0.4, -0.2) is 36.2 Å². The first-order valence-electron chi connectivity index (χ1n) is 8.64. The van der Waals surface area contributed by atoms with Crippen LogP contribution in [0.3, 0.4) is 0 Å². The van der Waals surface area contributed by atoms with Gasteiger partial charge in [-0.05, 0) is 37.6 Å². The zero-order valence-corrected chi connectivity index (χ0v) is 16.2. The van der Waals surface area contributed by atoms with Crippen LogP contribution in [0.2, 0.25) is 0 Å². The van der Waals surface area contributed by atoms with Crippen LogP contribution in [0, 0.1) is 6.92 Å². The van der Waals surface area contributed by atoms with E-state index in [1.54, 1.807) is 38.1 Å². The highest BCUT2D eigenvalue weighted by Crippen LogP contribution is 2.22. The van der Waals surface area contributed by atoms with Crippen molar-refractivity contribution in [2.45, 2.75) is 24.8 Å². The van der Waals surface area contributed by atoms with Crippen molar-refractivity contribution >= 4 is 16.0 Å².